The zero-order valence-electron chi connectivity index (χ0n) is 17.2. The second kappa shape index (κ2) is 9.62. The third-order valence-corrected chi connectivity index (χ3v) is 4.86. The zero-order valence-corrected chi connectivity index (χ0v) is 17.2. The van der Waals surface area contributed by atoms with Crippen molar-refractivity contribution in [1.82, 2.24) is 10.2 Å². The maximum atomic E-state index is 13.0. The number of anilines is 1. The first-order valence-electron chi connectivity index (χ1n) is 9.79. The van der Waals surface area contributed by atoms with Crippen molar-refractivity contribution < 1.29 is 14.3 Å². The molecule has 1 fully saturated rings. The number of amides is 2. The van der Waals surface area contributed by atoms with Gasteiger partial charge in [-0.2, -0.15) is 0 Å². The number of rotatable bonds is 7. The van der Waals surface area contributed by atoms with Crippen molar-refractivity contribution in [3.8, 4) is 5.75 Å². The molecule has 1 atom stereocenters. The highest BCUT2D eigenvalue weighted by molar-refractivity contribution is 5.88. The van der Waals surface area contributed by atoms with E-state index in [1.54, 1.807) is 7.11 Å². The van der Waals surface area contributed by atoms with Gasteiger partial charge in [0.05, 0.1) is 12.8 Å². The van der Waals surface area contributed by atoms with E-state index in [9.17, 15) is 9.59 Å². The maximum Gasteiger partial charge on any atom is 0.245 e. The van der Waals surface area contributed by atoms with Crippen LogP contribution in [0.3, 0.4) is 0 Å². The molecule has 0 aliphatic carbocycles. The van der Waals surface area contributed by atoms with Crippen LogP contribution < -0.4 is 15.0 Å². The molecule has 0 radical (unpaired) electrons. The number of para-hydroxylation sites is 2. The fraction of sp³-hybridized carbons (Fsp3) is 0.619. The summed E-state index contributed by atoms with van der Waals surface area (Å²) in [7, 11) is 1.67. The van der Waals surface area contributed by atoms with Crippen molar-refractivity contribution in [2.75, 3.05) is 38.2 Å². The van der Waals surface area contributed by atoms with E-state index in [2.05, 4.69) is 10.2 Å². The molecule has 2 rings (SSSR count). The minimum absolute atomic E-state index is 0.0155. The molecule has 1 saturated heterocycles. The van der Waals surface area contributed by atoms with Crippen molar-refractivity contribution in [3.63, 3.8) is 0 Å². The molecule has 1 unspecified atom stereocenters. The molecule has 27 heavy (non-hydrogen) atoms. The Labute approximate surface area is 162 Å². The molecule has 0 spiro atoms. The van der Waals surface area contributed by atoms with E-state index >= 15 is 0 Å². The zero-order chi connectivity index (χ0) is 20.0. The van der Waals surface area contributed by atoms with E-state index in [-0.39, 0.29) is 23.7 Å². The number of benzene rings is 1. The van der Waals surface area contributed by atoms with Gasteiger partial charge in [-0.3, -0.25) is 9.59 Å². The minimum atomic E-state index is -0.464. The number of hydrogen-bond acceptors (Lipinski definition) is 4. The van der Waals surface area contributed by atoms with E-state index < -0.39 is 6.04 Å². The molecule has 0 aromatic heterocycles. The van der Waals surface area contributed by atoms with E-state index in [1.807, 2.05) is 56.9 Å². The van der Waals surface area contributed by atoms with E-state index in [4.69, 9.17) is 4.74 Å². The average Bonchev–Trinajstić information content (AvgIpc) is 2.65. The molecule has 150 valence electrons. The van der Waals surface area contributed by atoms with E-state index in [0.29, 0.717) is 19.5 Å². The Morgan fingerprint density at radius 1 is 1.07 bits per heavy atom. The Kier molecular flexibility index (Phi) is 7.51. The predicted molar refractivity (Wildman–Crippen MR) is 108 cm³/mol. The van der Waals surface area contributed by atoms with Gasteiger partial charge < -0.3 is 19.9 Å². The summed E-state index contributed by atoms with van der Waals surface area (Å²) in [6.07, 6.45) is 0.443. The van der Waals surface area contributed by atoms with Gasteiger partial charge in [-0.15, -0.1) is 0 Å². The standard InChI is InChI=1S/C21H33N3O3/c1-15(2)14-19(25)22-20(16(3)4)21(26)24-12-10-23(11-13-24)17-8-6-7-9-18(17)27-5/h6-9,15-16,20H,10-14H2,1-5H3,(H,22,25). The number of carbonyl (C=O) groups is 2. The van der Waals surface area contributed by atoms with Gasteiger partial charge in [-0.25, -0.2) is 0 Å². The van der Waals surface area contributed by atoms with Crippen LogP contribution >= 0.6 is 0 Å². The number of nitrogens with one attached hydrogen (secondary N) is 1. The van der Waals surface area contributed by atoms with Crippen molar-refractivity contribution in [2.24, 2.45) is 11.8 Å². The van der Waals surface area contributed by atoms with E-state index in [0.717, 1.165) is 24.5 Å². The molecule has 1 heterocycles. The molecule has 6 heteroatoms. The summed E-state index contributed by atoms with van der Waals surface area (Å²) in [5, 5.41) is 2.94. The van der Waals surface area contributed by atoms with Crippen molar-refractivity contribution in [1.29, 1.82) is 0 Å². The highest BCUT2D eigenvalue weighted by atomic mass is 16.5. The third-order valence-electron chi connectivity index (χ3n) is 4.86. The molecule has 1 aromatic carbocycles. The van der Waals surface area contributed by atoms with Crippen LogP contribution in [0.2, 0.25) is 0 Å². The fourth-order valence-electron chi connectivity index (χ4n) is 3.37. The van der Waals surface area contributed by atoms with Crippen LogP contribution in [0.15, 0.2) is 24.3 Å². The van der Waals surface area contributed by atoms with Crippen LogP contribution in [0.4, 0.5) is 5.69 Å². The summed E-state index contributed by atoms with van der Waals surface area (Å²) >= 11 is 0. The van der Waals surface area contributed by atoms with Crippen LogP contribution in [0.5, 0.6) is 5.75 Å². The second-order valence-electron chi connectivity index (χ2n) is 7.87. The smallest absolute Gasteiger partial charge is 0.245 e. The van der Waals surface area contributed by atoms with Gasteiger partial charge in [0.1, 0.15) is 11.8 Å². The quantitative estimate of drug-likeness (QED) is 0.796. The second-order valence-corrected chi connectivity index (χ2v) is 7.87. The molecule has 6 nitrogen and oxygen atoms in total. The van der Waals surface area contributed by atoms with Gasteiger partial charge in [-0.05, 0) is 24.0 Å². The minimum Gasteiger partial charge on any atom is -0.495 e. The first-order valence-corrected chi connectivity index (χ1v) is 9.79. The molecule has 1 aromatic rings. The van der Waals surface area contributed by atoms with Gasteiger partial charge in [0.2, 0.25) is 11.8 Å². The van der Waals surface area contributed by atoms with Gasteiger partial charge in [0.25, 0.3) is 0 Å². The number of methoxy groups -OCH3 is 1. The lowest BCUT2D eigenvalue weighted by atomic mass is 10.0. The molecule has 1 N–H and O–H groups in total. The Bertz CT molecular complexity index is 637. The van der Waals surface area contributed by atoms with Crippen LogP contribution in [-0.4, -0.2) is 56.0 Å². The SMILES string of the molecule is COc1ccccc1N1CCN(C(=O)C(NC(=O)CC(C)C)C(C)C)CC1. The Balaban J connectivity index is 1.98. The van der Waals surface area contributed by atoms with Gasteiger partial charge in [0, 0.05) is 32.6 Å². The highest BCUT2D eigenvalue weighted by Gasteiger charge is 2.31. The largest absolute Gasteiger partial charge is 0.495 e. The fourth-order valence-corrected chi connectivity index (χ4v) is 3.37. The maximum absolute atomic E-state index is 13.0. The monoisotopic (exact) mass is 375 g/mol. The Hall–Kier alpha value is -2.24. The molecular formula is C21H33N3O3. The summed E-state index contributed by atoms with van der Waals surface area (Å²) in [6, 6.07) is 7.48. The number of nitrogens with zero attached hydrogens (tertiary/aromatic N) is 2. The molecule has 0 saturated carbocycles. The summed E-state index contributed by atoms with van der Waals surface area (Å²) in [6.45, 7) is 10.7. The number of piperazine rings is 1. The first kappa shape index (κ1) is 21.1. The lowest BCUT2D eigenvalue weighted by Gasteiger charge is -2.38. The summed E-state index contributed by atoms with van der Waals surface area (Å²) in [5.74, 6) is 1.14. The molecule has 2 amide bonds. The summed E-state index contributed by atoms with van der Waals surface area (Å²) in [4.78, 5) is 29.3. The van der Waals surface area contributed by atoms with Gasteiger partial charge in [0.15, 0.2) is 0 Å². The molecular weight excluding hydrogens is 342 g/mol. The summed E-state index contributed by atoms with van der Waals surface area (Å²) in [5.41, 5.74) is 1.05. The topological polar surface area (TPSA) is 61.9 Å². The molecule has 1 aliphatic rings. The van der Waals surface area contributed by atoms with Crippen LogP contribution in [0.1, 0.15) is 34.1 Å². The number of hydrogen-bond donors (Lipinski definition) is 1. The Morgan fingerprint density at radius 2 is 1.70 bits per heavy atom. The lowest BCUT2D eigenvalue weighted by molar-refractivity contribution is -0.138. The van der Waals surface area contributed by atoms with Crippen molar-refractivity contribution in [3.05, 3.63) is 24.3 Å². The van der Waals surface area contributed by atoms with Crippen LogP contribution in [0.25, 0.3) is 0 Å². The molecule has 0 bridgehead atoms. The first-order chi connectivity index (χ1) is 12.8. The van der Waals surface area contributed by atoms with Crippen molar-refractivity contribution >= 4 is 17.5 Å². The van der Waals surface area contributed by atoms with Crippen LogP contribution in [-0.2, 0) is 9.59 Å². The van der Waals surface area contributed by atoms with E-state index in [1.165, 1.54) is 0 Å². The van der Waals surface area contributed by atoms with Crippen molar-refractivity contribution in [2.45, 2.75) is 40.2 Å². The number of ether oxygens (including phenoxy) is 1. The lowest BCUT2D eigenvalue weighted by Crippen LogP contribution is -2.56. The van der Waals surface area contributed by atoms with Crippen LogP contribution in [0, 0.1) is 11.8 Å². The number of carbonyl (C=O) groups excluding carboxylic acids is 2. The third kappa shape index (κ3) is 5.62. The highest BCUT2D eigenvalue weighted by Crippen LogP contribution is 2.28. The Morgan fingerprint density at radius 3 is 2.26 bits per heavy atom. The summed E-state index contributed by atoms with van der Waals surface area (Å²) < 4.78 is 5.45. The molecule has 1 aliphatic heterocycles. The average molecular weight is 376 g/mol. The van der Waals surface area contributed by atoms with Gasteiger partial charge >= 0.3 is 0 Å². The predicted octanol–water partition coefficient (Wildman–Crippen LogP) is 2.53. The van der Waals surface area contributed by atoms with Gasteiger partial charge in [-0.1, -0.05) is 39.8 Å². The normalized spacial score (nSPS) is 15.8.